The van der Waals surface area contributed by atoms with Crippen molar-refractivity contribution in [2.75, 3.05) is 52.6 Å². The SMILES string of the molecule is Cc1ccc([C@H](CNC(=O)N2CCOC[C@@H]2C)N2CCOCC2)o1. The lowest BCUT2D eigenvalue weighted by Gasteiger charge is -2.36. The molecule has 2 saturated heterocycles. The number of urea groups is 1. The molecule has 0 aromatic carbocycles. The molecule has 3 heterocycles. The van der Waals surface area contributed by atoms with Crippen molar-refractivity contribution in [1.82, 2.24) is 15.1 Å². The molecule has 0 radical (unpaired) electrons. The second kappa shape index (κ2) is 8.00. The van der Waals surface area contributed by atoms with Gasteiger partial charge in [0.15, 0.2) is 0 Å². The lowest BCUT2D eigenvalue weighted by atomic mass is 10.1. The zero-order valence-electron chi connectivity index (χ0n) is 14.5. The molecule has 1 N–H and O–H groups in total. The van der Waals surface area contributed by atoms with E-state index in [1.54, 1.807) is 0 Å². The summed E-state index contributed by atoms with van der Waals surface area (Å²) in [4.78, 5) is 16.7. The molecule has 0 bridgehead atoms. The molecule has 3 rings (SSSR count). The third-order valence-electron chi connectivity index (χ3n) is 4.65. The first-order chi connectivity index (χ1) is 11.6. The van der Waals surface area contributed by atoms with Crippen molar-refractivity contribution in [3.63, 3.8) is 0 Å². The van der Waals surface area contributed by atoms with Gasteiger partial charge in [0.25, 0.3) is 0 Å². The highest BCUT2D eigenvalue weighted by atomic mass is 16.5. The normalized spacial score (nSPS) is 23.9. The highest BCUT2D eigenvalue weighted by molar-refractivity contribution is 5.74. The fraction of sp³-hybridized carbons (Fsp3) is 0.706. The van der Waals surface area contributed by atoms with Gasteiger partial charge in [-0.15, -0.1) is 0 Å². The number of hydrogen-bond donors (Lipinski definition) is 1. The lowest BCUT2D eigenvalue weighted by molar-refractivity contribution is 0.00842. The summed E-state index contributed by atoms with van der Waals surface area (Å²) < 4.78 is 16.7. The number of nitrogens with one attached hydrogen (secondary N) is 1. The topological polar surface area (TPSA) is 67.2 Å². The molecule has 2 aliphatic rings. The van der Waals surface area contributed by atoms with Gasteiger partial charge in [-0.1, -0.05) is 0 Å². The first-order valence-corrected chi connectivity index (χ1v) is 8.65. The predicted molar refractivity (Wildman–Crippen MR) is 89.0 cm³/mol. The average molecular weight is 337 g/mol. The van der Waals surface area contributed by atoms with E-state index in [0.29, 0.717) is 39.5 Å². The maximum Gasteiger partial charge on any atom is 0.317 e. The fourth-order valence-corrected chi connectivity index (χ4v) is 3.25. The monoisotopic (exact) mass is 337 g/mol. The highest BCUT2D eigenvalue weighted by Crippen LogP contribution is 2.23. The Hall–Kier alpha value is -1.57. The van der Waals surface area contributed by atoms with Crippen LogP contribution in [0.1, 0.15) is 24.5 Å². The summed E-state index contributed by atoms with van der Waals surface area (Å²) >= 11 is 0. The van der Waals surface area contributed by atoms with Gasteiger partial charge in [-0.3, -0.25) is 4.90 Å². The van der Waals surface area contributed by atoms with Crippen LogP contribution in [0.3, 0.4) is 0 Å². The van der Waals surface area contributed by atoms with Gasteiger partial charge in [-0.05, 0) is 26.0 Å². The number of rotatable bonds is 4. The molecule has 0 aliphatic carbocycles. The minimum Gasteiger partial charge on any atom is -0.465 e. The molecule has 7 heteroatoms. The molecule has 2 atom stereocenters. The Morgan fingerprint density at radius 3 is 2.67 bits per heavy atom. The maximum atomic E-state index is 12.5. The van der Waals surface area contributed by atoms with Gasteiger partial charge < -0.3 is 24.1 Å². The zero-order chi connectivity index (χ0) is 16.9. The quantitative estimate of drug-likeness (QED) is 0.899. The van der Waals surface area contributed by atoms with E-state index in [1.807, 2.05) is 30.9 Å². The molecule has 2 amide bonds. The standard InChI is InChI=1S/C17H27N3O4/c1-13-12-23-10-7-20(13)17(21)18-11-15(16-4-3-14(2)24-16)19-5-8-22-9-6-19/h3-4,13,15H,5-12H2,1-2H3,(H,18,21)/t13-,15-/m0/s1. The van der Waals surface area contributed by atoms with E-state index in [2.05, 4.69) is 10.2 Å². The Kier molecular flexibility index (Phi) is 5.76. The van der Waals surface area contributed by atoms with E-state index in [9.17, 15) is 4.79 Å². The Labute approximate surface area is 142 Å². The number of amides is 2. The van der Waals surface area contributed by atoms with Crippen molar-refractivity contribution in [1.29, 1.82) is 0 Å². The summed E-state index contributed by atoms with van der Waals surface area (Å²) in [5, 5.41) is 3.08. The Balaban J connectivity index is 1.64. The van der Waals surface area contributed by atoms with E-state index in [1.165, 1.54) is 0 Å². The van der Waals surface area contributed by atoms with Crippen LogP contribution in [0, 0.1) is 6.92 Å². The maximum absolute atomic E-state index is 12.5. The first kappa shape index (κ1) is 17.3. The van der Waals surface area contributed by atoms with E-state index in [4.69, 9.17) is 13.9 Å². The molecular formula is C17H27N3O4. The number of morpholine rings is 2. The van der Waals surface area contributed by atoms with Crippen molar-refractivity contribution in [2.24, 2.45) is 0 Å². The number of nitrogens with zero attached hydrogens (tertiary/aromatic N) is 2. The summed E-state index contributed by atoms with van der Waals surface area (Å²) in [6.07, 6.45) is 0. The molecule has 2 fully saturated rings. The summed E-state index contributed by atoms with van der Waals surface area (Å²) in [5.41, 5.74) is 0. The third kappa shape index (κ3) is 4.09. The van der Waals surface area contributed by atoms with E-state index in [0.717, 1.165) is 24.6 Å². The molecule has 0 unspecified atom stereocenters. The van der Waals surface area contributed by atoms with Crippen LogP contribution < -0.4 is 5.32 Å². The number of carbonyl (C=O) groups excluding carboxylic acids is 1. The smallest absolute Gasteiger partial charge is 0.317 e. The summed E-state index contributed by atoms with van der Waals surface area (Å²) in [6, 6.07) is 4.06. The van der Waals surface area contributed by atoms with Crippen molar-refractivity contribution in [3.8, 4) is 0 Å². The third-order valence-corrected chi connectivity index (χ3v) is 4.65. The van der Waals surface area contributed by atoms with Crippen molar-refractivity contribution >= 4 is 6.03 Å². The number of furan rings is 1. The van der Waals surface area contributed by atoms with Gasteiger partial charge in [-0.25, -0.2) is 4.79 Å². The van der Waals surface area contributed by atoms with Gasteiger partial charge >= 0.3 is 6.03 Å². The van der Waals surface area contributed by atoms with Gasteiger partial charge in [-0.2, -0.15) is 0 Å². The second-order valence-electron chi connectivity index (χ2n) is 6.42. The molecule has 7 nitrogen and oxygen atoms in total. The van der Waals surface area contributed by atoms with Crippen LogP contribution in [0.15, 0.2) is 16.5 Å². The molecule has 1 aromatic rings. The molecule has 0 saturated carbocycles. The van der Waals surface area contributed by atoms with Crippen LogP contribution in [0.4, 0.5) is 4.79 Å². The predicted octanol–water partition coefficient (Wildman–Crippen LogP) is 1.39. The van der Waals surface area contributed by atoms with Gasteiger partial charge in [0.05, 0.1) is 38.5 Å². The number of carbonyl (C=O) groups is 1. The lowest BCUT2D eigenvalue weighted by Crippen LogP contribution is -2.53. The molecule has 0 spiro atoms. The van der Waals surface area contributed by atoms with Crippen LogP contribution in [-0.4, -0.2) is 74.5 Å². The average Bonchev–Trinajstić information content (AvgIpc) is 3.02. The number of aryl methyl sites for hydroxylation is 1. The van der Waals surface area contributed by atoms with E-state index in [-0.39, 0.29) is 18.1 Å². The van der Waals surface area contributed by atoms with Gasteiger partial charge in [0.2, 0.25) is 0 Å². The molecule has 24 heavy (non-hydrogen) atoms. The molecule has 1 aromatic heterocycles. The molecule has 2 aliphatic heterocycles. The zero-order valence-corrected chi connectivity index (χ0v) is 14.5. The van der Waals surface area contributed by atoms with E-state index < -0.39 is 0 Å². The van der Waals surface area contributed by atoms with Crippen LogP contribution in [0.25, 0.3) is 0 Å². The summed E-state index contributed by atoms with van der Waals surface area (Å²) in [5.74, 6) is 1.78. The van der Waals surface area contributed by atoms with Crippen LogP contribution in [-0.2, 0) is 9.47 Å². The van der Waals surface area contributed by atoms with Crippen LogP contribution in [0.5, 0.6) is 0 Å². The summed E-state index contributed by atoms with van der Waals surface area (Å²) in [7, 11) is 0. The minimum atomic E-state index is -0.0349. The fourth-order valence-electron chi connectivity index (χ4n) is 3.25. The van der Waals surface area contributed by atoms with Crippen LogP contribution in [0.2, 0.25) is 0 Å². The second-order valence-corrected chi connectivity index (χ2v) is 6.42. The van der Waals surface area contributed by atoms with Crippen molar-refractivity contribution in [3.05, 3.63) is 23.7 Å². The Morgan fingerprint density at radius 1 is 1.25 bits per heavy atom. The molecular weight excluding hydrogens is 310 g/mol. The number of ether oxygens (including phenoxy) is 2. The molecule has 134 valence electrons. The van der Waals surface area contributed by atoms with Gasteiger partial charge in [0.1, 0.15) is 11.5 Å². The van der Waals surface area contributed by atoms with Crippen LogP contribution >= 0.6 is 0 Å². The Morgan fingerprint density at radius 2 is 2.00 bits per heavy atom. The largest absolute Gasteiger partial charge is 0.465 e. The Bertz CT molecular complexity index is 542. The number of hydrogen-bond acceptors (Lipinski definition) is 5. The van der Waals surface area contributed by atoms with E-state index >= 15 is 0 Å². The minimum absolute atomic E-state index is 0.0305. The first-order valence-electron chi connectivity index (χ1n) is 8.65. The summed E-state index contributed by atoms with van der Waals surface area (Å²) in [6.45, 7) is 9.41. The van der Waals surface area contributed by atoms with Crippen molar-refractivity contribution < 1.29 is 18.7 Å². The van der Waals surface area contributed by atoms with Gasteiger partial charge in [0, 0.05) is 26.2 Å². The highest BCUT2D eigenvalue weighted by Gasteiger charge is 2.28. The van der Waals surface area contributed by atoms with Crippen molar-refractivity contribution in [2.45, 2.75) is 25.9 Å².